The van der Waals surface area contributed by atoms with Crippen molar-refractivity contribution in [2.45, 2.75) is 19.4 Å². The highest BCUT2D eigenvalue weighted by Crippen LogP contribution is 2.35. The van der Waals surface area contributed by atoms with E-state index in [4.69, 9.17) is 4.74 Å². The van der Waals surface area contributed by atoms with Crippen LogP contribution in [0, 0.1) is 5.92 Å². The molecule has 24 heavy (non-hydrogen) atoms. The van der Waals surface area contributed by atoms with E-state index in [1.54, 1.807) is 6.21 Å². The first-order valence-corrected chi connectivity index (χ1v) is 9.21. The van der Waals surface area contributed by atoms with Crippen LogP contribution in [0.25, 0.3) is 0 Å². The van der Waals surface area contributed by atoms with Gasteiger partial charge >= 0.3 is 0 Å². The van der Waals surface area contributed by atoms with Crippen LogP contribution < -0.4 is 10.2 Å². The number of benzene rings is 2. The smallest absolute Gasteiger partial charge is 0.243 e. The molecule has 0 aliphatic heterocycles. The minimum atomic E-state index is -0.00723. The molecule has 0 aromatic heterocycles. The molecule has 0 saturated heterocycles. The third kappa shape index (κ3) is 4.68. The molecular weight excluding hydrogens is 436 g/mol. The number of halogens is 2. The fraction of sp³-hybridized carbons (Fsp3) is 0.222. The average molecular weight is 452 g/mol. The second kappa shape index (κ2) is 7.94. The van der Waals surface area contributed by atoms with E-state index in [1.165, 1.54) is 0 Å². The predicted octanol–water partition coefficient (Wildman–Crippen LogP) is 4.65. The maximum absolute atomic E-state index is 11.5. The maximum atomic E-state index is 11.5. The van der Waals surface area contributed by atoms with Gasteiger partial charge < -0.3 is 4.74 Å². The number of amides is 1. The lowest BCUT2D eigenvalue weighted by molar-refractivity contribution is -0.122. The molecule has 0 radical (unpaired) electrons. The summed E-state index contributed by atoms with van der Waals surface area (Å²) in [5.41, 5.74) is 4.52. The molecule has 1 amide bonds. The van der Waals surface area contributed by atoms with Gasteiger partial charge in [0.15, 0.2) is 0 Å². The first-order valence-electron chi connectivity index (χ1n) is 7.62. The number of nitrogens with zero attached hydrogens (tertiary/aromatic N) is 1. The van der Waals surface area contributed by atoms with Gasteiger partial charge in [-0.05, 0) is 68.0 Å². The van der Waals surface area contributed by atoms with Gasteiger partial charge in [0.25, 0.3) is 0 Å². The molecule has 0 bridgehead atoms. The van der Waals surface area contributed by atoms with Crippen molar-refractivity contribution in [1.82, 2.24) is 5.43 Å². The van der Waals surface area contributed by atoms with E-state index in [-0.39, 0.29) is 11.8 Å². The lowest BCUT2D eigenvalue weighted by atomic mass is 10.2. The van der Waals surface area contributed by atoms with Gasteiger partial charge in [-0.1, -0.05) is 30.3 Å². The number of hydrazone groups is 1. The second-order valence-electron chi connectivity index (χ2n) is 5.60. The fourth-order valence-electron chi connectivity index (χ4n) is 2.13. The van der Waals surface area contributed by atoms with E-state index >= 15 is 0 Å². The first-order chi connectivity index (χ1) is 11.6. The van der Waals surface area contributed by atoms with E-state index in [2.05, 4.69) is 42.4 Å². The third-order valence-corrected chi connectivity index (χ3v) is 4.76. The van der Waals surface area contributed by atoms with Gasteiger partial charge in [0.05, 0.1) is 15.2 Å². The molecule has 0 heterocycles. The highest BCUT2D eigenvalue weighted by atomic mass is 79.9. The van der Waals surface area contributed by atoms with Gasteiger partial charge in [0.2, 0.25) is 5.91 Å². The number of nitrogens with one attached hydrogen (secondary N) is 1. The Morgan fingerprint density at radius 3 is 2.50 bits per heavy atom. The van der Waals surface area contributed by atoms with Gasteiger partial charge in [-0.25, -0.2) is 5.43 Å². The molecule has 0 atom stereocenters. The second-order valence-corrected chi connectivity index (χ2v) is 7.31. The van der Waals surface area contributed by atoms with Gasteiger partial charge in [-0.3, -0.25) is 4.79 Å². The Kier molecular flexibility index (Phi) is 5.68. The van der Waals surface area contributed by atoms with Crippen LogP contribution in [-0.2, 0) is 11.4 Å². The van der Waals surface area contributed by atoms with Crippen molar-refractivity contribution < 1.29 is 9.53 Å². The summed E-state index contributed by atoms with van der Waals surface area (Å²) in [7, 11) is 0. The van der Waals surface area contributed by atoms with Crippen LogP contribution in [0.3, 0.4) is 0 Å². The standard InChI is InChI=1S/C18H16Br2N2O2/c19-15-8-13(10-21-22-18(23)14-6-7-14)9-16(20)17(15)24-11-12-4-2-1-3-5-12/h1-5,8-10,14H,6-7,11H2,(H,22,23)/b21-10+. The number of carbonyl (C=O) groups is 1. The molecule has 6 heteroatoms. The highest BCUT2D eigenvalue weighted by Gasteiger charge is 2.29. The Balaban J connectivity index is 1.64. The molecule has 1 aliphatic carbocycles. The molecule has 3 rings (SSSR count). The van der Waals surface area contributed by atoms with Gasteiger partial charge in [0.1, 0.15) is 12.4 Å². The van der Waals surface area contributed by atoms with Crippen LogP contribution in [0.5, 0.6) is 5.75 Å². The SMILES string of the molecule is O=C(N/N=C/c1cc(Br)c(OCc2ccccc2)c(Br)c1)C1CC1. The van der Waals surface area contributed by atoms with Crippen molar-refractivity contribution in [2.24, 2.45) is 11.0 Å². The number of carbonyl (C=O) groups excluding carboxylic acids is 1. The molecule has 1 aliphatic rings. The quantitative estimate of drug-likeness (QED) is 0.513. The van der Waals surface area contributed by atoms with E-state index in [9.17, 15) is 4.79 Å². The average Bonchev–Trinajstić information content (AvgIpc) is 3.40. The van der Waals surface area contributed by atoms with Crippen molar-refractivity contribution in [3.05, 3.63) is 62.5 Å². The molecule has 2 aromatic carbocycles. The van der Waals surface area contributed by atoms with Crippen molar-refractivity contribution in [2.75, 3.05) is 0 Å². The lowest BCUT2D eigenvalue weighted by Crippen LogP contribution is -2.18. The molecule has 2 aromatic rings. The summed E-state index contributed by atoms with van der Waals surface area (Å²) in [4.78, 5) is 11.5. The van der Waals surface area contributed by atoms with Crippen molar-refractivity contribution in [3.8, 4) is 5.75 Å². The third-order valence-electron chi connectivity index (χ3n) is 3.58. The molecular formula is C18H16Br2N2O2. The van der Waals surface area contributed by atoms with Crippen LogP contribution in [0.15, 0.2) is 56.5 Å². The van der Waals surface area contributed by atoms with Crippen LogP contribution >= 0.6 is 31.9 Å². The Hall–Kier alpha value is -1.66. The summed E-state index contributed by atoms with van der Waals surface area (Å²) >= 11 is 7.04. The zero-order valence-electron chi connectivity index (χ0n) is 12.8. The maximum Gasteiger partial charge on any atom is 0.243 e. The zero-order chi connectivity index (χ0) is 16.9. The van der Waals surface area contributed by atoms with E-state index in [1.807, 2.05) is 42.5 Å². The number of hydrogen-bond donors (Lipinski definition) is 1. The Labute approximate surface area is 157 Å². The van der Waals surface area contributed by atoms with Gasteiger partial charge in [-0.2, -0.15) is 5.10 Å². The fourth-order valence-corrected chi connectivity index (χ4v) is 3.58. The summed E-state index contributed by atoms with van der Waals surface area (Å²) in [5.74, 6) is 0.875. The van der Waals surface area contributed by atoms with Crippen molar-refractivity contribution in [1.29, 1.82) is 0 Å². The summed E-state index contributed by atoms with van der Waals surface area (Å²) in [6.45, 7) is 0.489. The molecule has 1 saturated carbocycles. The van der Waals surface area contributed by atoms with Crippen LogP contribution in [0.1, 0.15) is 24.0 Å². The molecule has 124 valence electrons. The minimum Gasteiger partial charge on any atom is -0.487 e. The predicted molar refractivity (Wildman–Crippen MR) is 101 cm³/mol. The van der Waals surface area contributed by atoms with Crippen LogP contribution in [0.4, 0.5) is 0 Å². The van der Waals surface area contributed by atoms with Crippen molar-refractivity contribution >= 4 is 44.0 Å². The molecule has 1 N–H and O–H groups in total. The van der Waals surface area contributed by atoms with Gasteiger partial charge in [-0.15, -0.1) is 0 Å². The van der Waals surface area contributed by atoms with E-state index in [0.717, 1.165) is 38.7 Å². The Morgan fingerprint density at radius 1 is 1.21 bits per heavy atom. The molecule has 0 spiro atoms. The largest absolute Gasteiger partial charge is 0.487 e. The summed E-state index contributed by atoms with van der Waals surface area (Å²) in [6, 6.07) is 13.8. The zero-order valence-corrected chi connectivity index (χ0v) is 16.0. The van der Waals surface area contributed by atoms with Crippen LogP contribution in [0.2, 0.25) is 0 Å². The molecule has 4 nitrogen and oxygen atoms in total. The normalized spacial score (nSPS) is 13.9. The molecule has 0 unspecified atom stereocenters. The minimum absolute atomic E-state index is 0.00723. The summed E-state index contributed by atoms with van der Waals surface area (Å²) in [5, 5.41) is 4.00. The number of ether oxygens (including phenoxy) is 1. The number of hydrogen-bond acceptors (Lipinski definition) is 3. The highest BCUT2D eigenvalue weighted by molar-refractivity contribution is 9.11. The Bertz CT molecular complexity index is 736. The first kappa shape index (κ1) is 17.2. The van der Waals surface area contributed by atoms with E-state index in [0.29, 0.717) is 6.61 Å². The molecule has 1 fully saturated rings. The Morgan fingerprint density at radius 2 is 1.88 bits per heavy atom. The summed E-state index contributed by atoms with van der Waals surface area (Å²) in [6.07, 6.45) is 3.55. The lowest BCUT2D eigenvalue weighted by Gasteiger charge is -2.11. The topological polar surface area (TPSA) is 50.7 Å². The van der Waals surface area contributed by atoms with Crippen LogP contribution in [-0.4, -0.2) is 12.1 Å². The monoisotopic (exact) mass is 450 g/mol. The summed E-state index contributed by atoms with van der Waals surface area (Å²) < 4.78 is 7.53. The van der Waals surface area contributed by atoms with Crippen molar-refractivity contribution in [3.63, 3.8) is 0 Å². The van der Waals surface area contributed by atoms with E-state index < -0.39 is 0 Å². The van der Waals surface area contributed by atoms with Gasteiger partial charge in [0, 0.05) is 5.92 Å². The number of rotatable bonds is 6.